The van der Waals surface area contributed by atoms with E-state index in [2.05, 4.69) is 28.6 Å². The van der Waals surface area contributed by atoms with E-state index < -0.39 is 0 Å². The topological polar surface area (TPSA) is 27.7 Å². The van der Waals surface area contributed by atoms with Crippen molar-refractivity contribution in [2.75, 3.05) is 19.0 Å². The Labute approximate surface area is 125 Å². The second kappa shape index (κ2) is 6.57. The van der Waals surface area contributed by atoms with Gasteiger partial charge in [0, 0.05) is 12.4 Å². The molecule has 0 saturated carbocycles. The summed E-state index contributed by atoms with van der Waals surface area (Å²) in [6.45, 7) is 12.8. The molecule has 0 aliphatic carbocycles. The summed E-state index contributed by atoms with van der Waals surface area (Å²) in [5.74, 6) is 0. The Morgan fingerprint density at radius 3 is 2.21 bits per heavy atom. The van der Waals surface area contributed by atoms with Crippen LogP contribution in [0.3, 0.4) is 0 Å². The molecule has 0 amide bonds. The average Bonchev–Trinajstić information content (AvgIpc) is 2.49. The van der Waals surface area contributed by atoms with Crippen molar-refractivity contribution in [3.8, 4) is 0 Å². The van der Waals surface area contributed by atoms with Crippen molar-refractivity contribution in [3.05, 3.63) is 23.7 Å². The minimum absolute atomic E-state index is 0.335. The number of ether oxygens (including phenoxy) is 1. The van der Waals surface area contributed by atoms with Gasteiger partial charge in [-0.15, -0.1) is 0 Å². The molecule has 0 aromatic heterocycles. The highest BCUT2D eigenvalue weighted by molar-refractivity contribution is 9.09. The van der Waals surface area contributed by atoms with Gasteiger partial charge in [-0.2, -0.15) is 0 Å². The molecule has 108 valence electrons. The van der Waals surface area contributed by atoms with Crippen LogP contribution >= 0.6 is 15.9 Å². The lowest BCUT2D eigenvalue weighted by molar-refractivity contribution is 0.00578. The lowest BCUT2D eigenvalue weighted by Gasteiger charge is -2.32. The minimum Gasteiger partial charge on any atom is -0.399 e. The third-order valence-corrected chi connectivity index (χ3v) is 4.17. The minimum atomic E-state index is -0.369. The van der Waals surface area contributed by atoms with Crippen molar-refractivity contribution in [2.24, 2.45) is 0 Å². The second-order valence-corrected chi connectivity index (χ2v) is 6.55. The molecule has 1 rings (SSSR count). The van der Waals surface area contributed by atoms with Crippen LogP contribution in [0.4, 0.5) is 0 Å². The van der Waals surface area contributed by atoms with Gasteiger partial charge in [0.2, 0.25) is 0 Å². The highest BCUT2D eigenvalue weighted by Gasteiger charge is 2.52. The Balaban J connectivity index is 2.92. The largest absolute Gasteiger partial charge is 0.494 e. The fraction of sp³-hybridized carbons (Fsp3) is 0.714. The summed E-state index contributed by atoms with van der Waals surface area (Å²) in [7, 11) is 1.30. The molecule has 1 aliphatic heterocycles. The van der Waals surface area contributed by atoms with Gasteiger partial charge in [-0.25, -0.2) is 0 Å². The normalized spacial score (nSPS) is 21.8. The fourth-order valence-corrected chi connectivity index (χ4v) is 2.07. The maximum atomic E-state index is 6.07. The predicted molar refractivity (Wildman–Crippen MR) is 83.6 cm³/mol. The van der Waals surface area contributed by atoms with Crippen molar-refractivity contribution in [1.82, 2.24) is 0 Å². The summed E-state index contributed by atoms with van der Waals surface area (Å²) < 4.78 is 17.3. The average molecular weight is 331 g/mol. The van der Waals surface area contributed by atoms with E-state index >= 15 is 0 Å². The fourth-order valence-electron chi connectivity index (χ4n) is 1.84. The van der Waals surface area contributed by atoms with Crippen LogP contribution in [-0.4, -0.2) is 37.4 Å². The molecule has 0 bridgehead atoms. The van der Waals surface area contributed by atoms with Crippen LogP contribution in [0.5, 0.6) is 0 Å². The Bertz CT molecular complexity index is 348. The monoisotopic (exact) mass is 330 g/mol. The highest BCUT2D eigenvalue weighted by atomic mass is 79.9. The van der Waals surface area contributed by atoms with Gasteiger partial charge >= 0.3 is 7.12 Å². The lowest BCUT2D eigenvalue weighted by atomic mass is 9.73. The molecule has 1 fully saturated rings. The third-order valence-electron chi connectivity index (χ3n) is 3.71. The van der Waals surface area contributed by atoms with Gasteiger partial charge in [0.1, 0.15) is 0 Å². The van der Waals surface area contributed by atoms with Crippen molar-refractivity contribution >= 4 is 23.0 Å². The standard InChI is InChI=1S/C14H24BBrO3/c1-11(10-17-6)12(8-7-9-16)15-18-13(2,3)14(4,5)19-15/h8H,1,7,9-10H2,2-6H3/b12-8+. The number of methoxy groups -OCH3 is 1. The first kappa shape index (κ1) is 17.0. The van der Waals surface area contributed by atoms with Crippen molar-refractivity contribution in [3.63, 3.8) is 0 Å². The van der Waals surface area contributed by atoms with Gasteiger partial charge in [0.15, 0.2) is 0 Å². The highest BCUT2D eigenvalue weighted by Crippen LogP contribution is 2.39. The number of alkyl halides is 1. The van der Waals surface area contributed by atoms with Crippen LogP contribution in [0.25, 0.3) is 0 Å². The Kier molecular flexibility index (Phi) is 5.86. The van der Waals surface area contributed by atoms with Gasteiger partial charge in [0.05, 0.1) is 17.8 Å². The van der Waals surface area contributed by atoms with Crippen LogP contribution in [0.15, 0.2) is 23.7 Å². The molecule has 0 N–H and O–H groups in total. The van der Waals surface area contributed by atoms with Crippen molar-refractivity contribution < 1.29 is 14.0 Å². The molecule has 1 saturated heterocycles. The second-order valence-electron chi connectivity index (χ2n) is 5.76. The Hall–Kier alpha value is -0.0951. The summed E-state index contributed by atoms with van der Waals surface area (Å²) in [5.41, 5.74) is 1.22. The lowest BCUT2D eigenvalue weighted by Crippen LogP contribution is -2.41. The Morgan fingerprint density at radius 2 is 1.79 bits per heavy atom. The SMILES string of the molecule is C=C(COC)/C(=C\CCBr)B1OC(C)(C)C(C)(C)O1. The first-order chi connectivity index (χ1) is 8.75. The van der Waals surface area contributed by atoms with Gasteiger partial charge in [0.25, 0.3) is 0 Å². The van der Waals surface area contributed by atoms with E-state index in [-0.39, 0.29) is 18.3 Å². The molecule has 1 heterocycles. The van der Waals surface area contributed by atoms with Crippen molar-refractivity contribution in [1.29, 1.82) is 0 Å². The summed E-state index contributed by atoms with van der Waals surface area (Å²) in [4.78, 5) is 0. The number of hydrogen-bond donors (Lipinski definition) is 0. The molecular formula is C14H24BBrO3. The van der Waals surface area contributed by atoms with E-state index in [1.807, 2.05) is 27.7 Å². The van der Waals surface area contributed by atoms with Crippen LogP contribution in [-0.2, 0) is 14.0 Å². The van der Waals surface area contributed by atoms with E-state index in [1.54, 1.807) is 7.11 Å². The van der Waals surface area contributed by atoms with Crippen LogP contribution in [0.1, 0.15) is 34.1 Å². The summed E-state index contributed by atoms with van der Waals surface area (Å²) in [6.07, 6.45) is 3.01. The van der Waals surface area contributed by atoms with E-state index in [9.17, 15) is 0 Å². The molecule has 0 spiro atoms. The maximum Gasteiger partial charge on any atom is 0.494 e. The van der Waals surface area contributed by atoms with E-state index in [4.69, 9.17) is 14.0 Å². The molecular weight excluding hydrogens is 307 g/mol. The van der Waals surface area contributed by atoms with Gasteiger partial charge in [-0.3, -0.25) is 0 Å². The van der Waals surface area contributed by atoms with Crippen LogP contribution in [0, 0.1) is 0 Å². The molecule has 5 heteroatoms. The molecule has 0 atom stereocenters. The summed E-state index contributed by atoms with van der Waals surface area (Å²) in [5, 5.41) is 0.899. The van der Waals surface area contributed by atoms with Crippen LogP contribution < -0.4 is 0 Å². The number of rotatable bonds is 6. The van der Waals surface area contributed by atoms with E-state index in [0.29, 0.717) is 6.61 Å². The smallest absolute Gasteiger partial charge is 0.399 e. The molecule has 3 nitrogen and oxygen atoms in total. The summed E-state index contributed by atoms with van der Waals surface area (Å²) in [6, 6.07) is 0. The van der Waals surface area contributed by atoms with Gasteiger partial charge in [-0.05, 0) is 45.2 Å². The zero-order valence-corrected chi connectivity index (χ0v) is 14.2. The molecule has 19 heavy (non-hydrogen) atoms. The zero-order chi connectivity index (χ0) is 14.7. The first-order valence-electron chi connectivity index (χ1n) is 6.54. The molecule has 1 aliphatic rings. The number of halogens is 1. The molecule has 0 aromatic carbocycles. The molecule has 0 radical (unpaired) electrons. The van der Waals surface area contributed by atoms with E-state index in [0.717, 1.165) is 22.8 Å². The Morgan fingerprint density at radius 1 is 1.26 bits per heavy atom. The third kappa shape index (κ3) is 3.94. The quantitative estimate of drug-likeness (QED) is 0.423. The molecule has 0 unspecified atom stereocenters. The number of hydrogen-bond acceptors (Lipinski definition) is 3. The van der Waals surface area contributed by atoms with Crippen LogP contribution in [0.2, 0.25) is 0 Å². The predicted octanol–water partition coefficient (Wildman–Crippen LogP) is 3.53. The molecule has 0 aromatic rings. The van der Waals surface area contributed by atoms with E-state index in [1.165, 1.54) is 0 Å². The zero-order valence-electron chi connectivity index (χ0n) is 12.6. The number of allylic oxidation sites excluding steroid dienone is 1. The van der Waals surface area contributed by atoms with Gasteiger partial charge in [-0.1, -0.05) is 28.6 Å². The first-order valence-corrected chi connectivity index (χ1v) is 7.66. The van der Waals surface area contributed by atoms with Crippen molar-refractivity contribution in [2.45, 2.75) is 45.3 Å². The van der Waals surface area contributed by atoms with Gasteiger partial charge < -0.3 is 14.0 Å². The summed E-state index contributed by atoms with van der Waals surface area (Å²) >= 11 is 3.43. The maximum absolute atomic E-state index is 6.07.